The van der Waals surface area contributed by atoms with Crippen molar-refractivity contribution in [2.24, 2.45) is 0 Å². The van der Waals surface area contributed by atoms with E-state index in [9.17, 15) is 8.78 Å². The van der Waals surface area contributed by atoms with Crippen LogP contribution >= 0.6 is 0 Å². The zero-order valence-electron chi connectivity index (χ0n) is 15.5. The lowest BCUT2D eigenvalue weighted by atomic mass is 9.81. The highest BCUT2D eigenvalue weighted by atomic mass is 19.3. The number of anilines is 1. The molecule has 3 nitrogen and oxygen atoms in total. The Balaban J connectivity index is 1.44. The van der Waals surface area contributed by atoms with E-state index in [4.69, 9.17) is 0 Å². The number of aromatic nitrogens is 2. The van der Waals surface area contributed by atoms with Gasteiger partial charge in [-0.05, 0) is 61.3 Å². The summed E-state index contributed by atoms with van der Waals surface area (Å²) in [5, 5.41) is 3.55. The van der Waals surface area contributed by atoms with Gasteiger partial charge in [-0.3, -0.25) is 4.40 Å². The molecule has 1 saturated carbocycles. The molecule has 3 aromatic rings. The van der Waals surface area contributed by atoms with Crippen molar-refractivity contribution in [3.05, 3.63) is 65.5 Å². The smallest absolute Gasteiger partial charge is 0.281 e. The molecule has 0 amide bonds. The Bertz CT molecular complexity index is 911. The van der Waals surface area contributed by atoms with Crippen LogP contribution in [0.4, 0.5) is 14.6 Å². The second-order valence-corrected chi connectivity index (χ2v) is 7.40. The SMILES string of the molecule is CCc1cccc(C2CCC(Nc3cccc4nc(C(F)F)cn34)CC2)c1. The van der Waals surface area contributed by atoms with Gasteiger partial charge in [0.1, 0.15) is 17.2 Å². The lowest BCUT2D eigenvalue weighted by Gasteiger charge is -2.30. The number of pyridine rings is 1. The van der Waals surface area contributed by atoms with E-state index >= 15 is 0 Å². The molecule has 2 aromatic heterocycles. The lowest BCUT2D eigenvalue weighted by Crippen LogP contribution is -2.26. The molecule has 0 radical (unpaired) electrons. The first kappa shape index (κ1) is 18.0. The van der Waals surface area contributed by atoms with Crippen LogP contribution in [0.25, 0.3) is 5.65 Å². The van der Waals surface area contributed by atoms with Gasteiger partial charge in [-0.25, -0.2) is 13.8 Å². The van der Waals surface area contributed by atoms with Gasteiger partial charge in [0.15, 0.2) is 0 Å². The summed E-state index contributed by atoms with van der Waals surface area (Å²) in [5.41, 5.74) is 3.23. The third-order valence-corrected chi connectivity index (χ3v) is 5.64. The summed E-state index contributed by atoms with van der Waals surface area (Å²) in [6.45, 7) is 2.19. The fourth-order valence-electron chi connectivity index (χ4n) is 4.10. The summed E-state index contributed by atoms with van der Waals surface area (Å²) in [6.07, 6.45) is 4.40. The average Bonchev–Trinajstić information content (AvgIpc) is 3.14. The molecule has 5 heteroatoms. The van der Waals surface area contributed by atoms with E-state index in [0.717, 1.165) is 37.9 Å². The monoisotopic (exact) mass is 369 g/mol. The first-order chi connectivity index (χ1) is 13.1. The first-order valence-corrected chi connectivity index (χ1v) is 9.75. The second-order valence-electron chi connectivity index (χ2n) is 7.40. The van der Waals surface area contributed by atoms with E-state index in [0.29, 0.717) is 17.6 Å². The van der Waals surface area contributed by atoms with Crippen molar-refractivity contribution in [3.8, 4) is 0 Å². The van der Waals surface area contributed by atoms with Crippen LogP contribution in [-0.4, -0.2) is 15.4 Å². The molecule has 0 saturated heterocycles. The number of hydrogen-bond donors (Lipinski definition) is 1. The number of imidazole rings is 1. The van der Waals surface area contributed by atoms with Crippen LogP contribution in [-0.2, 0) is 6.42 Å². The van der Waals surface area contributed by atoms with Gasteiger partial charge in [0.05, 0.1) is 0 Å². The molecule has 142 valence electrons. The Morgan fingerprint density at radius 2 is 1.89 bits per heavy atom. The maximum atomic E-state index is 13.0. The van der Waals surface area contributed by atoms with E-state index in [2.05, 4.69) is 41.5 Å². The van der Waals surface area contributed by atoms with Crippen molar-refractivity contribution in [1.82, 2.24) is 9.38 Å². The van der Waals surface area contributed by atoms with E-state index in [1.807, 2.05) is 12.1 Å². The number of alkyl halides is 2. The zero-order chi connectivity index (χ0) is 18.8. The third kappa shape index (κ3) is 3.82. The van der Waals surface area contributed by atoms with Gasteiger partial charge in [-0.15, -0.1) is 0 Å². The Labute approximate surface area is 158 Å². The highest BCUT2D eigenvalue weighted by Crippen LogP contribution is 2.34. The Hall–Kier alpha value is -2.43. The van der Waals surface area contributed by atoms with Gasteiger partial charge in [0, 0.05) is 12.2 Å². The number of aryl methyl sites for hydroxylation is 1. The van der Waals surface area contributed by atoms with Crippen molar-refractivity contribution < 1.29 is 8.78 Å². The summed E-state index contributed by atoms with van der Waals surface area (Å²) in [5.74, 6) is 1.45. The number of fused-ring (bicyclic) bond motifs is 1. The predicted octanol–water partition coefficient (Wildman–Crippen LogP) is 5.97. The summed E-state index contributed by atoms with van der Waals surface area (Å²) in [4.78, 5) is 4.01. The molecular weight excluding hydrogens is 344 g/mol. The minimum absolute atomic E-state index is 0.177. The number of nitrogens with zero attached hydrogens (tertiary/aromatic N) is 2. The van der Waals surface area contributed by atoms with Crippen LogP contribution in [0.2, 0.25) is 0 Å². The summed E-state index contributed by atoms with van der Waals surface area (Å²) in [7, 11) is 0. The quantitative estimate of drug-likeness (QED) is 0.600. The van der Waals surface area contributed by atoms with Gasteiger partial charge in [0.25, 0.3) is 6.43 Å². The fraction of sp³-hybridized carbons (Fsp3) is 0.409. The summed E-state index contributed by atoms with van der Waals surface area (Å²) in [6, 6.07) is 14.9. The molecule has 1 N–H and O–H groups in total. The standard InChI is InChI=1S/C22H25F2N3/c1-2-15-5-3-6-17(13-15)16-9-11-18(12-10-16)25-20-7-4-8-21-26-19(22(23)24)14-27(20)21/h3-8,13-14,16,18,22,25H,2,9-12H2,1H3. The van der Waals surface area contributed by atoms with E-state index in [1.165, 1.54) is 17.3 Å². The number of hydrogen-bond acceptors (Lipinski definition) is 2. The largest absolute Gasteiger partial charge is 0.368 e. The molecule has 0 atom stereocenters. The van der Waals surface area contributed by atoms with Crippen molar-refractivity contribution in [3.63, 3.8) is 0 Å². The van der Waals surface area contributed by atoms with Crippen molar-refractivity contribution in [2.45, 2.75) is 57.4 Å². The van der Waals surface area contributed by atoms with Crippen molar-refractivity contribution >= 4 is 11.5 Å². The Morgan fingerprint density at radius 1 is 1.11 bits per heavy atom. The zero-order valence-corrected chi connectivity index (χ0v) is 15.5. The molecule has 1 fully saturated rings. The topological polar surface area (TPSA) is 29.3 Å². The van der Waals surface area contributed by atoms with Gasteiger partial charge < -0.3 is 5.32 Å². The third-order valence-electron chi connectivity index (χ3n) is 5.64. The molecule has 0 aliphatic heterocycles. The van der Waals surface area contributed by atoms with Crippen LogP contribution in [0, 0.1) is 0 Å². The molecule has 27 heavy (non-hydrogen) atoms. The highest BCUT2D eigenvalue weighted by molar-refractivity contribution is 5.51. The number of benzene rings is 1. The molecule has 1 aliphatic carbocycles. The molecule has 2 heterocycles. The molecule has 0 bridgehead atoms. The fourth-order valence-corrected chi connectivity index (χ4v) is 4.10. The second kappa shape index (κ2) is 7.67. The van der Waals surface area contributed by atoms with Crippen LogP contribution in [0.15, 0.2) is 48.7 Å². The molecule has 1 aliphatic rings. The van der Waals surface area contributed by atoms with Crippen LogP contribution in [0.3, 0.4) is 0 Å². The van der Waals surface area contributed by atoms with Gasteiger partial charge in [-0.2, -0.15) is 0 Å². The molecule has 0 spiro atoms. The van der Waals surface area contributed by atoms with E-state index in [-0.39, 0.29) is 5.69 Å². The maximum Gasteiger partial charge on any atom is 0.281 e. The average molecular weight is 369 g/mol. The van der Waals surface area contributed by atoms with Gasteiger partial charge in [0.2, 0.25) is 0 Å². The Morgan fingerprint density at radius 3 is 2.63 bits per heavy atom. The number of nitrogens with one attached hydrogen (secondary N) is 1. The van der Waals surface area contributed by atoms with Crippen molar-refractivity contribution in [2.75, 3.05) is 5.32 Å². The maximum absolute atomic E-state index is 13.0. The van der Waals surface area contributed by atoms with Crippen LogP contribution in [0.5, 0.6) is 0 Å². The minimum Gasteiger partial charge on any atom is -0.368 e. The van der Waals surface area contributed by atoms with E-state index in [1.54, 1.807) is 10.5 Å². The Kier molecular flexibility index (Phi) is 5.10. The lowest BCUT2D eigenvalue weighted by molar-refractivity contribution is 0.147. The number of halogens is 2. The van der Waals surface area contributed by atoms with Crippen molar-refractivity contribution in [1.29, 1.82) is 0 Å². The molecule has 4 rings (SSSR count). The highest BCUT2D eigenvalue weighted by Gasteiger charge is 2.23. The van der Waals surface area contributed by atoms with Crippen LogP contribution in [0.1, 0.15) is 61.8 Å². The normalized spacial score (nSPS) is 20.3. The van der Waals surface area contributed by atoms with Crippen LogP contribution < -0.4 is 5.32 Å². The van der Waals surface area contributed by atoms with Gasteiger partial charge >= 0.3 is 0 Å². The van der Waals surface area contributed by atoms with Gasteiger partial charge in [-0.1, -0.05) is 37.3 Å². The molecule has 1 aromatic carbocycles. The summed E-state index contributed by atoms with van der Waals surface area (Å²) < 4.78 is 27.6. The number of rotatable bonds is 5. The summed E-state index contributed by atoms with van der Waals surface area (Å²) >= 11 is 0. The molecular formula is C22H25F2N3. The minimum atomic E-state index is -2.55. The first-order valence-electron chi connectivity index (χ1n) is 9.75. The van der Waals surface area contributed by atoms with E-state index < -0.39 is 6.43 Å². The predicted molar refractivity (Wildman–Crippen MR) is 105 cm³/mol. The molecule has 0 unspecified atom stereocenters.